The van der Waals surface area contributed by atoms with Gasteiger partial charge in [0, 0.05) is 13.1 Å². The first-order chi connectivity index (χ1) is 7.56. The lowest BCUT2D eigenvalue weighted by Gasteiger charge is -2.20. The van der Waals surface area contributed by atoms with Crippen LogP contribution in [0.1, 0.15) is 12.8 Å². The minimum atomic E-state index is -0.826. The molecule has 1 aliphatic heterocycles. The zero-order valence-electron chi connectivity index (χ0n) is 9.39. The van der Waals surface area contributed by atoms with E-state index in [9.17, 15) is 9.59 Å². The molecule has 0 bridgehead atoms. The van der Waals surface area contributed by atoms with Crippen molar-refractivity contribution < 1.29 is 14.7 Å². The van der Waals surface area contributed by atoms with E-state index >= 15 is 0 Å². The van der Waals surface area contributed by atoms with E-state index in [2.05, 4.69) is 0 Å². The lowest BCUT2D eigenvalue weighted by molar-refractivity contribution is -0.141. The molecule has 6 heteroatoms. The van der Waals surface area contributed by atoms with Crippen LogP contribution in [-0.4, -0.2) is 53.0 Å². The van der Waals surface area contributed by atoms with Crippen molar-refractivity contribution in [2.75, 3.05) is 25.1 Å². The molecule has 1 heterocycles. The Labute approximate surface area is 99.4 Å². The maximum Gasteiger partial charge on any atom is 0.308 e. The van der Waals surface area contributed by atoms with Crippen LogP contribution in [0.15, 0.2) is 0 Å². The van der Waals surface area contributed by atoms with Gasteiger partial charge in [-0.05, 0) is 24.9 Å². The predicted molar refractivity (Wildman–Crippen MR) is 63.3 cm³/mol. The number of hydrogen-bond acceptors (Lipinski definition) is 4. The fourth-order valence-electron chi connectivity index (χ4n) is 1.76. The van der Waals surface area contributed by atoms with Crippen LogP contribution >= 0.6 is 11.8 Å². The molecule has 5 nitrogen and oxygen atoms in total. The SMILES string of the molecule is CSCC[C@H](N)C(=O)N1CCC(C(=O)O)C1. The van der Waals surface area contributed by atoms with Gasteiger partial charge in [0.2, 0.25) is 5.91 Å². The van der Waals surface area contributed by atoms with Crippen LogP contribution in [0, 0.1) is 5.92 Å². The van der Waals surface area contributed by atoms with E-state index in [0.717, 1.165) is 5.75 Å². The van der Waals surface area contributed by atoms with Crippen molar-refractivity contribution in [2.24, 2.45) is 11.7 Å². The summed E-state index contributed by atoms with van der Waals surface area (Å²) in [5.41, 5.74) is 5.75. The Hall–Kier alpha value is -0.750. The highest BCUT2D eigenvalue weighted by atomic mass is 32.2. The summed E-state index contributed by atoms with van der Waals surface area (Å²) in [6.07, 6.45) is 3.15. The van der Waals surface area contributed by atoms with Gasteiger partial charge in [-0.1, -0.05) is 0 Å². The highest BCUT2D eigenvalue weighted by Gasteiger charge is 2.32. The highest BCUT2D eigenvalue weighted by molar-refractivity contribution is 7.98. The number of amides is 1. The van der Waals surface area contributed by atoms with Gasteiger partial charge in [-0.15, -0.1) is 0 Å². The van der Waals surface area contributed by atoms with Gasteiger partial charge in [0.1, 0.15) is 0 Å². The fourth-order valence-corrected chi connectivity index (χ4v) is 2.25. The summed E-state index contributed by atoms with van der Waals surface area (Å²) >= 11 is 1.65. The smallest absolute Gasteiger partial charge is 0.308 e. The summed E-state index contributed by atoms with van der Waals surface area (Å²) in [5, 5.41) is 8.82. The molecule has 1 saturated heterocycles. The highest BCUT2D eigenvalue weighted by Crippen LogP contribution is 2.17. The van der Waals surface area contributed by atoms with E-state index in [1.54, 1.807) is 16.7 Å². The Bertz CT molecular complexity index is 273. The maximum atomic E-state index is 11.8. The number of nitrogens with zero attached hydrogens (tertiary/aromatic N) is 1. The molecule has 0 radical (unpaired) electrons. The number of thioether (sulfide) groups is 1. The average molecular weight is 246 g/mol. The molecule has 1 amide bonds. The first kappa shape index (κ1) is 13.3. The fraction of sp³-hybridized carbons (Fsp3) is 0.800. The number of carbonyl (C=O) groups excluding carboxylic acids is 1. The Balaban J connectivity index is 2.41. The molecule has 0 aromatic heterocycles. The zero-order valence-corrected chi connectivity index (χ0v) is 10.2. The van der Waals surface area contributed by atoms with Crippen molar-refractivity contribution in [3.8, 4) is 0 Å². The first-order valence-corrected chi connectivity index (χ1v) is 6.71. The quantitative estimate of drug-likeness (QED) is 0.713. The van der Waals surface area contributed by atoms with Crippen LogP contribution in [0.3, 0.4) is 0 Å². The van der Waals surface area contributed by atoms with E-state index in [-0.39, 0.29) is 5.91 Å². The van der Waals surface area contributed by atoms with Crippen molar-refractivity contribution in [3.05, 3.63) is 0 Å². The van der Waals surface area contributed by atoms with Gasteiger partial charge in [-0.3, -0.25) is 9.59 Å². The van der Waals surface area contributed by atoms with E-state index < -0.39 is 17.9 Å². The Morgan fingerprint density at radius 3 is 2.81 bits per heavy atom. The average Bonchev–Trinajstić information content (AvgIpc) is 2.74. The Morgan fingerprint density at radius 1 is 1.62 bits per heavy atom. The number of likely N-dealkylation sites (tertiary alicyclic amines) is 1. The molecule has 0 aliphatic carbocycles. The third kappa shape index (κ3) is 3.38. The summed E-state index contributed by atoms with van der Waals surface area (Å²) < 4.78 is 0. The molecule has 1 fully saturated rings. The third-order valence-electron chi connectivity index (χ3n) is 2.80. The molecule has 0 spiro atoms. The number of carboxylic acid groups (broad SMARTS) is 1. The molecule has 0 aromatic carbocycles. The minimum Gasteiger partial charge on any atom is -0.481 e. The van der Waals surface area contributed by atoms with E-state index in [0.29, 0.717) is 25.9 Å². The van der Waals surface area contributed by atoms with E-state index in [1.165, 1.54) is 0 Å². The van der Waals surface area contributed by atoms with Gasteiger partial charge in [0.15, 0.2) is 0 Å². The van der Waals surface area contributed by atoms with Crippen LogP contribution in [0.4, 0.5) is 0 Å². The van der Waals surface area contributed by atoms with Crippen LogP contribution in [0.5, 0.6) is 0 Å². The van der Waals surface area contributed by atoms with E-state index in [4.69, 9.17) is 10.8 Å². The molecule has 0 aromatic rings. The summed E-state index contributed by atoms with van der Waals surface area (Å²) in [7, 11) is 0. The van der Waals surface area contributed by atoms with Crippen LogP contribution in [-0.2, 0) is 9.59 Å². The molecular weight excluding hydrogens is 228 g/mol. The zero-order chi connectivity index (χ0) is 12.1. The second-order valence-electron chi connectivity index (χ2n) is 4.00. The number of carboxylic acids is 1. The van der Waals surface area contributed by atoms with Gasteiger partial charge < -0.3 is 15.7 Å². The van der Waals surface area contributed by atoms with Crippen molar-refractivity contribution in [3.63, 3.8) is 0 Å². The van der Waals surface area contributed by atoms with Crippen molar-refractivity contribution in [1.29, 1.82) is 0 Å². The molecule has 1 unspecified atom stereocenters. The van der Waals surface area contributed by atoms with Crippen LogP contribution in [0.25, 0.3) is 0 Å². The molecular formula is C10H18N2O3S. The monoisotopic (exact) mass is 246 g/mol. The molecule has 1 rings (SSSR count). The van der Waals surface area contributed by atoms with Crippen LogP contribution in [0.2, 0.25) is 0 Å². The van der Waals surface area contributed by atoms with Gasteiger partial charge in [0.25, 0.3) is 0 Å². The van der Waals surface area contributed by atoms with Gasteiger partial charge in [-0.25, -0.2) is 0 Å². The number of nitrogens with two attached hydrogens (primary N) is 1. The first-order valence-electron chi connectivity index (χ1n) is 5.32. The standard InChI is InChI=1S/C10H18N2O3S/c1-16-5-3-8(11)9(13)12-4-2-7(6-12)10(14)15/h7-8H,2-6,11H2,1H3,(H,14,15)/t7?,8-/m0/s1. The molecule has 16 heavy (non-hydrogen) atoms. The Kier molecular flexibility index (Phi) is 5.08. The van der Waals surface area contributed by atoms with Crippen molar-refractivity contribution in [1.82, 2.24) is 4.90 Å². The second-order valence-corrected chi connectivity index (χ2v) is 4.98. The van der Waals surface area contributed by atoms with Gasteiger partial charge in [0.05, 0.1) is 12.0 Å². The summed E-state index contributed by atoms with van der Waals surface area (Å²) in [6, 6.07) is -0.486. The van der Waals surface area contributed by atoms with Gasteiger partial charge in [-0.2, -0.15) is 11.8 Å². The number of aliphatic carboxylic acids is 1. The topological polar surface area (TPSA) is 83.6 Å². The molecule has 1 aliphatic rings. The largest absolute Gasteiger partial charge is 0.481 e. The van der Waals surface area contributed by atoms with Crippen molar-refractivity contribution >= 4 is 23.6 Å². The number of carbonyl (C=O) groups is 2. The van der Waals surface area contributed by atoms with E-state index in [1.807, 2.05) is 6.26 Å². The minimum absolute atomic E-state index is 0.113. The Morgan fingerprint density at radius 2 is 2.31 bits per heavy atom. The lowest BCUT2D eigenvalue weighted by atomic mass is 10.1. The summed E-state index contributed by atoms with van der Waals surface area (Å²) in [4.78, 5) is 24.1. The number of rotatable bonds is 5. The molecule has 3 N–H and O–H groups in total. The summed E-state index contributed by atoms with van der Waals surface area (Å²) in [6.45, 7) is 0.823. The van der Waals surface area contributed by atoms with Gasteiger partial charge >= 0.3 is 5.97 Å². The van der Waals surface area contributed by atoms with Crippen LogP contribution < -0.4 is 5.73 Å². The summed E-state index contributed by atoms with van der Waals surface area (Å²) in [5.74, 6) is -0.509. The predicted octanol–water partition coefficient (Wildman–Crippen LogP) is -0.0001000. The normalized spacial score (nSPS) is 22.1. The molecule has 2 atom stereocenters. The second kappa shape index (κ2) is 6.10. The number of hydrogen-bond donors (Lipinski definition) is 2. The van der Waals surface area contributed by atoms with Crippen molar-refractivity contribution in [2.45, 2.75) is 18.9 Å². The lowest BCUT2D eigenvalue weighted by Crippen LogP contribution is -2.43. The third-order valence-corrected chi connectivity index (χ3v) is 3.44. The molecule has 0 saturated carbocycles. The maximum absolute atomic E-state index is 11.8. The molecule has 92 valence electrons.